The summed E-state index contributed by atoms with van der Waals surface area (Å²) in [6, 6.07) is 14.4. The number of amides is 1. The van der Waals surface area contributed by atoms with Gasteiger partial charge in [0.25, 0.3) is 0 Å². The zero-order chi connectivity index (χ0) is 15.9. The normalized spacial score (nSPS) is 9.86. The van der Waals surface area contributed by atoms with Crippen molar-refractivity contribution in [2.45, 2.75) is 12.8 Å². The summed E-state index contributed by atoms with van der Waals surface area (Å²) in [5.74, 6) is 0.681. The first kappa shape index (κ1) is 15.9. The number of hydrogen-bond donors (Lipinski definition) is 1. The predicted molar refractivity (Wildman–Crippen MR) is 86.1 cm³/mol. The first-order chi connectivity index (χ1) is 10.6. The van der Waals surface area contributed by atoms with Crippen LogP contribution in [-0.4, -0.2) is 13.0 Å². The highest BCUT2D eigenvalue weighted by Gasteiger charge is 2.06. The summed E-state index contributed by atoms with van der Waals surface area (Å²) in [5.41, 5.74) is 1.97. The molecule has 1 N–H and O–H groups in total. The van der Waals surface area contributed by atoms with Crippen molar-refractivity contribution >= 4 is 23.2 Å². The zero-order valence-corrected chi connectivity index (χ0v) is 12.9. The molecule has 4 nitrogen and oxygen atoms in total. The molecule has 0 aliphatic heterocycles. The molecule has 0 radical (unpaired) electrons. The SMILES string of the molecule is COc1ccc(CCC(=O)Nc2ccc(Cl)c(C#N)c2)cc1. The molecule has 0 bridgehead atoms. The van der Waals surface area contributed by atoms with Crippen LogP contribution in [0.25, 0.3) is 0 Å². The van der Waals surface area contributed by atoms with Crippen LogP contribution < -0.4 is 10.1 Å². The second-order valence-corrected chi connectivity index (χ2v) is 5.11. The van der Waals surface area contributed by atoms with Crippen LogP contribution in [0.4, 0.5) is 5.69 Å². The molecule has 5 heteroatoms. The van der Waals surface area contributed by atoms with Crippen LogP contribution in [0.5, 0.6) is 5.75 Å². The van der Waals surface area contributed by atoms with E-state index in [1.807, 2.05) is 30.3 Å². The van der Waals surface area contributed by atoms with Crippen LogP contribution in [0.2, 0.25) is 5.02 Å². The Morgan fingerprint density at radius 3 is 2.64 bits per heavy atom. The Bertz CT molecular complexity index is 706. The Morgan fingerprint density at radius 2 is 2.00 bits per heavy atom. The lowest BCUT2D eigenvalue weighted by Crippen LogP contribution is -2.12. The Morgan fingerprint density at radius 1 is 1.27 bits per heavy atom. The fourth-order valence-electron chi connectivity index (χ4n) is 1.96. The molecule has 0 aliphatic rings. The van der Waals surface area contributed by atoms with E-state index in [0.29, 0.717) is 29.1 Å². The summed E-state index contributed by atoms with van der Waals surface area (Å²) in [6.07, 6.45) is 0.991. The average Bonchev–Trinajstić information content (AvgIpc) is 2.55. The van der Waals surface area contributed by atoms with Gasteiger partial charge in [-0.3, -0.25) is 4.79 Å². The quantitative estimate of drug-likeness (QED) is 0.913. The molecule has 0 aromatic heterocycles. The molecular formula is C17H15ClN2O2. The van der Waals surface area contributed by atoms with Gasteiger partial charge in [0.05, 0.1) is 17.7 Å². The minimum absolute atomic E-state index is 0.109. The molecule has 2 aromatic carbocycles. The lowest BCUT2D eigenvalue weighted by Gasteiger charge is -2.07. The number of carbonyl (C=O) groups excluding carboxylic acids is 1. The fourth-order valence-corrected chi connectivity index (χ4v) is 2.12. The number of carbonyl (C=O) groups is 1. The van der Waals surface area contributed by atoms with Gasteiger partial charge < -0.3 is 10.1 Å². The number of hydrogen-bond acceptors (Lipinski definition) is 3. The number of rotatable bonds is 5. The van der Waals surface area contributed by atoms with Gasteiger partial charge in [0, 0.05) is 12.1 Å². The largest absolute Gasteiger partial charge is 0.497 e. The number of nitrogens with one attached hydrogen (secondary N) is 1. The van der Waals surface area contributed by atoms with E-state index in [-0.39, 0.29) is 5.91 Å². The van der Waals surface area contributed by atoms with Crippen LogP contribution in [0.3, 0.4) is 0 Å². The van der Waals surface area contributed by atoms with Crippen molar-refractivity contribution in [1.29, 1.82) is 5.26 Å². The first-order valence-electron chi connectivity index (χ1n) is 6.75. The van der Waals surface area contributed by atoms with Crippen LogP contribution in [0.1, 0.15) is 17.5 Å². The molecule has 22 heavy (non-hydrogen) atoms. The Labute approximate surface area is 134 Å². The minimum atomic E-state index is -0.109. The van der Waals surface area contributed by atoms with Gasteiger partial charge in [-0.05, 0) is 42.3 Å². The van der Waals surface area contributed by atoms with Gasteiger partial charge in [-0.15, -0.1) is 0 Å². The van der Waals surface area contributed by atoms with Crippen LogP contribution in [-0.2, 0) is 11.2 Å². The molecule has 112 valence electrons. The Balaban J connectivity index is 1.91. The highest BCUT2D eigenvalue weighted by Crippen LogP contribution is 2.20. The molecule has 0 saturated carbocycles. The minimum Gasteiger partial charge on any atom is -0.497 e. The van der Waals surface area contributed by atoms with Crippen LogP contribution in [0, 0.1) is 11.3 Å². The van der Waals surface area contributed by atoms with Crippen molar-refractivity contribution in [3.8, 4) is 11.8 Å². The van der Waals surface area contributed by atoms with Crippen molar-refractivity contribution in [3.63, 3.8) is 0 Å². The van der Waals surface area contributed by atoms with Gasteiger partial charge in [0.2, 0.25) is 5.91 Å². The van der Waals surface area contributed by atoms with E-state index in [1.54, 1.807) is 25.3 Å². The summed E-state index contributed by atoms with van der Waals surface area (Å²) in [7, 11) is 1.62. The Kier molecular flexibility index (Phi) is 5.40. The molecule has 0 fully saturated rings. The van der Waals surface area contributed by atoms with Gasteiger partial charge in [0.1, 0.15) is 11.8 Å². The zero-order valence-electron chi connectivity index (χ0n) is 12.1. The van der Waals surface area contributed by atoms with Crippen molar-refractivity contribution in [2.24, 2.45) is 0 Å². The monoisotopic (exact) mass is 314 g/mol. The van der Waals surface area contributed by atoms with E-state index in [0.717, 1.165) is 11.3 Å². The maximum atomic E-state index is 11.9. The number of nitrogens with zero attached hydrogens (tertiary/aromatic N) is 1. The first-order valence-corrected chi connectivity index (χ1v) is 7.12. The molecule has 0 heterocycles. The van der Waals surface area contributed by atoms with Crippen molar-refractivity contribution < 1.29 is 9.53 Å². The number of ether oxygens (including phenoxy) is 1. The third kappa shape index (κ3) is 4.24. The predicted octanol–water partition coefficient (Wildman–Crippen LogP) is 3.79. The molecular weight excluding hydrogens is 300 g/mol. The smallest absolute Gasteiger partial charge is 0.224 e. The number of nitriles is 1. The third-order valence-corrected chi connectivity index (χ3v) is 3.50. The van der Waals surface area contributed by atoms with Crippen molar-refractivity contribution in [1.82, 2.24) is 0 Å². The van der Waals surface area contributed by atoms with Crippen LogP contribution >= 0.6 is 11.6 Å². The second kappa shape index (κ2) is 7.48. The number of benzene rings is 2. The number of aryl methyl sites for hydroxylation is 1. The fraction of sp³-hybridized carbons (Fsp3) is 0.176. The van der Waals surface area contributed by atoms with E-state index in [4.69, 9.17) is 21.6 Å². The second-order valence-electron chi connectivity index (χ2n) is 4.70. The van der Waals surface area contributed by atoms with Crippen molar-refractivity contribution in [3.05, 3.63) is 58.6 Å². The highest BCUT2D eigenvalue weighted by atomic mass is 35.5. The number of halogens is 1. The van der Waals surface area contributed by atoms with E-state index < -0.39 is 0 Å². The molecule has 2 rings (SSSR count). The van der Waals surface area contributed by atoms with Gasteiger partial charge in [-0.1, -0.05) is 23.7 Å². The average molecular weight is 315 g/mol. The molecule has 0 spiro atoms. The van der Waals surface area contributed by atoms with Gasteiger partial charge in [-0.25, -0.2) is 0 Å². The summed E-state index contributed by atoms with van der Waals surface area (Å²) < 4.78 is 5.09. The number of methoxy groups -OCH3 is 1. The lowest BCUT2D eigenvalue weighted by molar-refractivity contribution is -0.116. The van der Waals surface area contributed by atoms with Gasteiger partial charge >= 0.3 is 0 Å². The maximum absolute atomic E-state index is 11.9. The van der Waals surface area contributed by atoms with E-state index in [1.165, 1.54) is 0 Å². The summed E-state index contributed by atoms with van der Waals surface area (Å²) in [4.78, 5) is 11.9. The summed E-state index contributed by atoms with van der Waals surface area (Å²) in [6.45, 7) is 0. The van der Waals surface area contributed by atoms with Gasteiger partial charge in [0.15, 0.2) is 0 Å². The summed E-state index contributed by atoms with van der Waals surface area (Å²) >= 11 is 5.85. The molecule has 0 saturated heterocycles. The molecule has 1 amide bonds. The third-order valence-electron chi connectivity index (χ3n) is 3.17. The summed E-state index contributed by atoms with van der Waals surface area (Å²) in [5, 5.41) is 12.1. The van der Waals surface area contributed by atoms with Crippen molar-refractivity contribution in [2.75, 3.05) is 12.4 Å². The highest BCUT2D eigenvalue weighted by molar-refractivity contribution is 6.31. The molecule has 0 unspecified atom stereocenters. The van der Waals surface area contributed by atoms with E-state index >= 15 is 0 Å². The van der Waals surface area contributed by atoms with Crippen LogP contribution in [0.15, 0.2) is 42.5 Å². The topological polar surface area (TPSA) is 62.1 Å². The Hall–Kier alpha value is -2.51. The van der Waals surface area contributed by atoms with E-state index in [2.05, 4.69) is 5.32 Å². The van der Waals surface area contributed by atoms with E-state index in [9.17, 15) is 4.79 Å². The number of anilines is 1. The lowest BCUT2D eigenvalue weighted by atomic mass is 10.1. The standard InChI is InChI=1S/C17H15ClN2O2/c1-22-15-6-2-12(3-7-15)4-9-17(21)20-14-5-8-16(18)13(10-14)11-19/h2-3,5-8,10H,4,9H2,1H3,(H,20,21). The molecule has 0 aliphatic carbocycles. The maximum Gasteiger partial charge on any atom is 0.224 e. The van der Waals surface area contributed by atoms with Gasteiger partial charge in [-0.2, -0.15) is 5.26 Å². The molecule has 2 aromatic rings. The molecule has 0 atom stereocenters.